The number of esters is 1. The molecule has 0 saturated carbocycles. The number of nitro groups is 1. The predicted molar refractivity (Wildman–Crippen MR) is 117 cm³/mol. The molecule has 0 unspecified atom stereocenters. The summed E-state index contributed by atoms with van der Waals surface area (Å²) >= 11 is 0. The fourth-order valence-corrected chi connectivity index (χ4v) is 3.05. The van der Waals surface area contributed by atoms with E-state index in [2.05, 4.69) is 25.6 Å². The van der Waals surface area contributed by atoms with E-state index in [-0.39, 0.29) is 24.7 Å². The van der Waals surface area contributed by atoms with Crippen molar-refractivity contribution in [2.24, 2.45) is 0 Å². The van der Waals surface area contributed by atoms with Gasteiger partial charge in [0.05, 0.1) is 17.2 Å². The highest BCUT2D eigenvalue weighted by molar-refractivity contribution is 5.96. The smallest absolute Gasteiger partial charge is 0.341 e. The van der Waals surface area contributed by atoms with Gasteiger partial charge in [-0.15, -0.1) is 0 Å². The van der Waals surface area contributed by atoms with Crippen LogP contribution in [0.1, 0.15) is 17.3 Å². The number of benzene rings is 1. The van der Waals surface area contributed by atoms with Crippen LogP contribution in [0, 0.1) is 10.1 Å². The number of carbonyl (C=O) groups excluding carboxylic acids is 1. The van der Waals surface area contributed by atoms with Gasteiger partial charge in [-0.3, -0.25) is 10.1 Å². The Balaban J connectivity index is 1.46. The first-order valence-corrected chi connectivity index (χ1v) is 10.1. The van der Waals surface area contributed by atoms with Gasteiger partial charge in [0.25, 0.3) is 5.69 Å². The summed E-state index contributed by atoms with van der Waals surface area (Å²) in [7, 11) is 0. The fraction of sp³-hybridized carbons (Fsp3) is 0.238. The Morgan fingerprint density at radius 3 is 2.70 bits per heavy atom. The van der Waals surface area contributed by atoms with Gasteiger partial charge in [0.2, 0.25) is 12.7 Å². The van der Waals surface area contributed by atoms with Crippen molar-refractivity contribution in [1.29, 1.82) is 0 Å². The molecule has 0 saturated heterocycles. The molecule has 1 aromatic carbocycles. The van der Waals surface area contributed by atoms with E-state index >= 15 is 0 Å². The van der Waals surface area contributed by atoms with Crippen LogP contribution in [0.3, 0.4) is 0 Å². The minimum Gasteiger partial charge on any atom is -0.462 e. The van der Waals surface area contributed by atoms with E-state index in [0.717, 1.165) is 0 Å². The molecule has 4 rings (SSSR count). The van der Waals surface area contributed by atoms with Crippen LogP contribution < -0.4 is 20.1 Å². The molecule has 2 aromatic heterocycles. The highest BCUT2D eigenvalue weighted by Crippen LogP contribution is 2.36. The first-order chi connectivity index (χ1) is 16.0. The van der Waals surface area contributed by atoms with Crippen LogP contribution in [0.4, 0.5) is 17.5 Å². The molecule has 170 valence electrons. The standard InChI is InChI=1S/C21H20N6O6/c1-2-31-20(28)15-11-25-21(23-8-7-22-18-6-4-14(10-24-18)27(29)30)26-19(15)13-3-5-16-17(9-13)33-12-32-16/h3-6,9-11H,2,7-8,12H2,1H3,(H,22,24)(H,23,25,26). The van der Waals surface area contributed by atoms with Gasteiger partial charge in [0.15, 0.2) is 11.5 Å². The number of aromatic nitrogens is 3. The van der Waals surface area contributed by atoms with Crippen LogP contribution in [0.25, 0.3) is 11.3 Å². The maximum atomic E-state index is 12.4. The van der Waals surface area contributed by atoms with Gasteiger partial charge in [-0.2, -0.15) is 0 Å². The van der Waals surface area contributed by atoms with Crippen LogP contribution in [-0.2, 0) is 4.74 Å². The predicted octanol–water partition coefficient (Wildman–Crippen LogP) is 2.88. The Kier molecular flexibility index (Phi) is 6.43. The Labute approximate surface area is 188 Å². The number of fused-ring (bicyclic) bond motifs is 1. The average molecular weight is 452 g/mol. The molecule has 0 amide bonds. The minimum absolute atomic E-state index is 0.0789. The van der Waals surface area contributed by atoms with Crippen LogP contribution in [0.2, 0.25) is 0 Å². The van der Waals surface area contributed by atoms with Gasteiger partial charge >= 0.3 is 5.97 Å². The summed E-state index contributed by atoms with van der Waals surface area (Å²) in [6.07, 6.45) is 2.60. The molecule has 12 nitrogen and oxygen atoms in total. The van der Waals surface area contributed by atoms with Crippen LogP contribution in [-0.4, -0.2) is 52.3 Å². The van der Waals surface area contributed by atoms with Gasteiger partial charge in [-0.1, -0.05) is 0 Å². The number of rotatable bonds is 9. The second kappa shape index (κ2) is 9.77. The lowest BCUT2D eigenvalue weighted by Gasteiger charge is -2.12. The molecule has 1 aliphatic heterocycles. The molecular formula is C21H20N6O6. The van der Waals surface area contributed by atoms with E-state index in [9.17, 15) is 14.9 Å². The van der Waals surface area contributed by atoms with Crippen molar-refractivity contribution in [3.63, 3.8) is 0 Å². The fourth-order valence-electron chi connectivity index (χ4n) is 3.05. The van der Waals surface area contributed by atoms with Crippen LogP contribution >= 0.6 is 0 Å². The highest BCUT2D eigenvalue weighted by atomic mass is 16.7. The zero-order valence-corrected chi connectivity index (χ0v) is 17.6. The van der Waals surface area contributed by atoms with E-state index in [1.54, 1.807) is 25.1 Å². The zero-order chi connectivity index (χ0) is 23.2. The Morgan fingerprint density at radius 2 is 1.94 bits per heavy atom. The van der Waals surface area contributed by atoms with Gasteiger partial charge in [0, 0.05) is 30.9 Å². The highest BCUT2D eigenvalue weighted by Gasteiger charge is 2.20. The molecule has 3 aromatic rings. The Morgan fingerprint density at radius 1 is 1.12 bits per heavy atom. The molecule has 3 heterocycles. The van der Waals surface area contributed by atoms with Gasteiger partial charge in [-0.05, 0) is 31.2 Å². The third-order valence-corrected chi connectivity index (χ3v) is 4.60. The summed E-state index contributed by atoms with van der Waals surface area (Å²) in [5.41, 5.74) is 1.20. The third-order valence-electron chi connectivity index (χ3n) is 4.60. The van der Waals surface area contributed by atoms with Gasteiger partial charge in [0.1, 0.15) is 17.6 Å². The molecule has 12 heteroatoms. The summed E-state index contributed by atoms with van der Waals surface area (Å²) < 4.78 is 15.9. The zero-order valence-electron chi connectivity index (χ0n) is 17.6. The molecular weight excluding hydrogens is 432 g/mol. The molecule has 0 radical (unpaired) electrons. The Bertz CT molecular complexity index is 1170. The number of anilines is 2. The van der Waals surface area contributed by atoms with E-state index in [1.165, 1.54) is 24.5 Å². The largest absolute Gasteiger partial charge is 0.462 e. The van der Waals surface area contributed by atoms with Gasteiger partial charge < -0.3 is 24.8 Å². The molecule has 0 aliphatic carbocycles. The lowest BCUT2D eigenvalue weighted by Crippen LogP contribution is -2.17. The number of ether oxygens (including phenoxy) is 3. The van der Waals surface area contributed by atoms with Crippen molar-refractivity contribution in [2.75, 3.05) is 37.1 Å². The second-order valence-electron chi connectivity index (χ2n) is 6.76. The van der Waals surface area contributed by atoms with Crippen molar-refractivity contribution in [3.05, 3.63) is 58.4 Å². The molecule has 0 spiro atoms. The molecule has 2 N–H and O–H groups in total. The molecule has 1 aliphatic rings. The molecule has 0 atom stereocenters. The van der Waals surface area contributed by atoms with Gasteiger partial charge in [-0.25, -0.2) is 19.7 Å². The van der Waals surface area contributed by atoms with Crippen molar-refractivity contribution < 1.29 is 23.9 Å². The summed E-state index contributed by atoms with van der Waals surface area (Å²) in [4.78, 5) is 35.3. The number of pyridine rings is 1. The first-order valence-electron chi connectivity index (χ1n) is 10.1. The number of nitrogens with zero attached hydrogens (tertiary/aromatic N) is 4. The molecule has 0 bridgehead atoms. The quantitative estimate of drug-likeness (QED) is 0.213. The van der Waals surface area contributed by atoms with Crippen molar-refractivity contribution in [2.45, 2.75) is 6.92 Å². The number of hydrogen-bond acceptors (Lipinski definition) is 11. The summed E-state index contributed by atoms with van der Waals surface area (Å²) in [5, 5.41) is 16.8. The minimum atomic E-state index is -0.525. The summed E-state index contributed by atoms with van der Waals surface area (Å²) in [6, 6.07) is 8.18. The van der Waals surface area contributed by atoms with Crippen LogP contribution in [0.5, 0.6) is 11.5 Å². The number of carbonyl (C=O) groups is 1. The lowest BCUT2D eigenvalue weighted by molar-refractivity contribution is -0.385. The number of nitrogens with one attached hydrogen (secondary N) is 2. The van der Waals surface area contributed by atoms with E-state index < -0.39 is 10.9 Å². The SMILES string of the molecule is CCOC(=O)c1cnc(NCCNc2ccc([N+](=O)[O-])cn2)nc1-c1ccc2c(c1)OCO2. The van der Waals surface area contributed by atoms with E-state index in [0.29, 0.717) is 47.6 Å². The second-order valence-corrected chi connectivity index (χ2v) is 6.76. The van der Waals surface area contributed by atoms with E-state index in [4.69, 9.17) is 14.2 Å². The monoisotopic (exact) mass is 452 g/mol. The lowest BCUT2D eigenvalue weighted by atomic mass is 10.1. The summed E-state index contributed by atoms with van der Waals surface area (Å²) in [5.74, 6) is 1.48. The first kappa shape index (κ1) is 21.7. The number of hydrogen-bond donors (Lipinski definition) is 2. The van der Waals surface area contributed by atoms with Crippen molar-refractivity contribution >= 4 is 23.4 Å². The normalized spacial score (nSPS) is 11.7. The average Bonchev–Trinajstić information content (AvgIpc) is 3.30. The maximum Gasteiger partial charge on any atom is 0.341 e. The van der Waals surface area contributed by atoms with Crippen molar-refractivity contribution in [1.82, 2.24) is 15.0 Å². The third kappa shape index (κ3) is 5.06. The molecule has 33 heavy (non-hydrogen) atoms. The maximum absolute atomic E-state index is 12.4. The van der Waals surface area contributed by atoms with Crippen LogP contribution in [0.15, 0.2) is 42.7 Å². The van der Waals surface area contributed by atoms with E-state index in [1.807, 2.05) is 0 Å². The topological polar surface area (TPSA) is 151 Å². The van der Waals surface area contributed by atoms with Crippen molar-refractivity contribution in [3.8, 4) is 22.8 Å². The summed E-state index contributed by atoms with van der Waals surface area (Å²) in [6.45, 7) is 2.96. The molecule has 0 fully saturated rings. The Hall–Kier alpha value is -4.48.